The van der Waals surface area contributed by atoms with Gasteiger partial charge in [-0.05, 0) is 26.2 Å². The number of hydrogen-bond acceptors (Lipinski definition) is 4. The van der Waals surface area contributed by atoms with Crippen molar-refractivity contribution in [3.05, 3.63) is 0 Å². The minimum absolute atomic E-state index is 0.0257. The monoisotopic (exact) mass is 354 g/mol. The van der Waals surface area contributed by atoms with Gasteiger partial charge in [-0.25, -0.2) is 0 Å². The number of hydrogen-bond donors (Lipinski definition) is 0. The zero-order valence-corrected chi connectivity index (χ0v) is 16.4. The summed E-state index contributed by atoms with van der Waals surface area (Å²) >= 11 is 0. The van der Waals surface area contributed by atoms with E-state index in [9.17, 15) is 9.59 Å². The number of rotatable bonds is 15. The highest BCUT2D eigenvalue weighted by molar-refractivity contribution is 5.74. The molecule has 0 aromatic carbocycles. The third kappa shape index (κ3) is 11.2. The van der Waals surface area contributed by atoms with E-state index in [2.05, 4.69) is 4.74 Å². The van der Waals surface area contributed by atoms with Crippen LogP contribution >= 0.6 is 0 Å². The first-order valence-electron chi connectivity index (χ1n) is 10.4. The van der Waals surface area contributed by atoms with Gasteiger partial charge in [0.25, 0.3) is 0 Å². The number of carbonyl (C=O) groups excluding carboxylic acids is 2. The van der Waals surface area contributed by atoms with Crippen LogP contribution in [0.2, 0.25) is 0 Å². The van der Waals surface area contributed by atoms with Gasteiger partial charge >= 0.3 is 11.9 Å². The molecule has 2 unspecified atom stereocenters. The molecule has 0 aromatic heterocycles. The Morgan fingerprint density at radius 3 is 1.84 bits per heavy atom. The molecule has 0 spiro atoms. The summed E-state index contributed by atoms with van der Waals surface area (Å²) in [7, 11) is 1.45. The molecule has 4 heteroatoms. The van der Waals surface area contributed by atoms with Crippen LogP contribution in [0, 0.1) is 5.92 Å². The maximum atomic E-state index is 11.5. The van der Waals surface area contributed by atoms with Gasteiger partial charge < -0.3 is 9.47 Å². The molecule has 0 aliphatic carbocycles. The van der Waals surface area contributed by atoms with Crippen molar-refractivity contribution in [2.75, 3.05) is 7.11 Å². The van der Waals surface area contributed by atoms with Gasteiger partial charge in [0.1, 0.15) is 0 Å². The van der Waals surface area contributed by atoms with Gasteiger partial charge in [-0.1, -0.05) is 70.6 Å². The molecule has 1 fully saturated rings. The zero-order valence-electron chi connectivity index (χ0n) is 16.4. The van der Waals surface area contributed by atoms with Crippen molar-refractivity contribution in [2.45, 2.75) is 109 Å². The van der Waals surface area contributed by atoms with Crippen LogP contribution in [0.15, 0.2) is 0 Å². The lowest BCUT2D eigenvalue weighted by Gasteiger charge is -2.05. The van der Waals surface area contributed by atoms with Crippen LogP contribution in [-0.2, 0) is 19.1 Å². The van der Waals surface area contributed by atoms with Crippen molar-refractivity contribution >= 4 is 11.9 Å². The van der Waals surface area contributed by atoms with Crippen molar-refractivity contribution in [3.63, 3.8) is 0 Å². The predicted molar refractivity (Wildman–Crippen MR) is 100 cm³/mol. The van der Waals surface area contributed by atoms with Gasteiger partial charge in [-0.2, -0.15) is 0 Å². The molecule has 1 heterocycles. The lowest BCUT2D eigenvalue weighted by molar-refractivity contribution is -0.144. The van der Waals surface area contributed by atoms with Crippen molar-refractivity contribution in [1.82, 2.24) is 0 Å². The minimum atomic E-state index is -0.0854. The van der Waals surface area contributed by atoms with Crippen molar-refractivity contribution in [1.29, 1.82) is 0 Å². The smallest absolute Gasteiger partial charge is 0.309 e. The molecule has 0 saturated carbocycles. The van der Waals surface area contributed by atoms with E-state index in [0.717, 1.165) is 32.1 Å². The highest BCUT2D eigenvalue weighted by Gasteiger charge is 2.30. The quantitative estimate of drug-likeness (QED) is 0.285. The maximum absolute atomic E-state index is 11.5. The Morgan fingerprint density at radius 1 is 0.920 bits per heavy atom. The molecule has 1 aliphatic heterocycles. The predicted octanol–water partition coefficient (Wildman–Crippen LogP) is 5.57. The van der Waals surface area contributed by atoms with E-state index in [1.165, 1.54) is 64.9 Å². The molecule has 0 N–H and O–H groups in total. The van der Waals surface area contributed by atoms with Gasteiger partial charge in [0.2, 0.25) is 0 Å². The van der Waals surface area contributed by atoms with Crippen LogP contribution in [-0.4, -0.2) is 25.2 Å². The summed E-state index contributed by atoms with van der Waals surface area (Å²) in [5.74, 6) is 0.109. The summed E-state index contributed by atoms with van der Waals surface area (Å²) in [6, 6.07) is 0. The highest BCUT2D eigenvalue weighted by Crippen LogP contribution is 2.26. The highest BCUT2D eigenvalue weighted by atomic mass is 16.5. The lowest BCUT2D eigenvalue weighted by atomic mass is 9.97. The minimum Gasteiger partial charge on any atom is -0.469 e. The molecular weight excluding hydrogens is 316 g/mol. The fourth-order valence-electron chi connectivity index (χ4n) is 3.61. The Morgan fingerprint density at radius 2 is 1.40 bits per heavy atom. The second-order valence-corrected chi connectivity index (χ2v) is 7.54. The summed E-state index contributed by atoms with van der Waals surface area (Å²) in [6.07, 6.45) is 17.6. The molecule has 25 heavy (non-hydrogen) atoms. The van der Waals surface area contributed by atoms with Crippen molar-refractivity contribution in [3.8, 4) is 0 Å². The number of esters is 2. The molecule has 0 bridgehead atoms. The molecule has 0 amide bonds. The van der Waals surface area contributed by atoms with E-state index < -0.39 is 0 Å². The first kappa shape index (κ1) is 22.0. The average molecular weight is 355 g/mol. The molecule has 146 valence electrons. The van der Waals surface area contributed by atoms with Crippen LogP contribution in [0.4, 0.5) is 0 Å². The second kappa shape index (κ2) is 14.1. The van der Waals surface area contributed by atoms with E-state index in [0.29, 0.717) is 6.42 Å². The Kier molecular flexibility index (Phi) is 12.4. The Labute approximate surface area is 154 Å². The van der Waals surface area contributed by atoms with E-state index in [4.69, 9.17) is 4.74 Å². The summed E-state index contributed by atoms with van der Waals surface area (Å²) < 4.78 is 9.83. The Hall–Kier alpha value is -1.06. The van der Waals surface area contributed by atoms with Gasteiger partial charge in [-0.3, -0.25) is 9.59 Å². The first-order valence-corrected chi connectivity index (χ1v) is 10.4. The van der Waals surface area contributed by atoms with E-state index >= 15 is 0 Å². The van der Waals surface area contributed by atoms with E-state index in [-0.39, 0.29) is 24.0 Å². The van der Waals surface area contributed by atoms with Crippen molar-refractivity contribution < 1.29 is 19.1 Å². The molecule has 0 radical (unpaired) electrons. The molecule has 1 saturated heterocycles. The van der Waals surface area contributed by atoms with Crippen molar-refractivity contribution in [2.24, 2.45) is 5.92 Å². The molecule has 4 nitrogen and oxygen atoms in total. The fourth-order valence-corrected chi connectivity index (χ4v) is 3.61. The van der Waals surface area contributed by atoms with Gasteiger partial charge in [-0.15, -0.1) is 0 Å². The van der Waals surface area contributed by atoms with Gasteiger partial charge in [0.05, 0.1) is 19.1 Å². The van der Waals surface area contributed by atoms with Crippen LogP contribution in [0.5, 0.6) is 0 Å². The number of carbonyl (C=O) groups is 2. The maximum Gasteiger partial charge on any atom is 0.309 e. The summed E-state index contributed by atoms with van der Waals surface area (Å²) in [6.45, 7) is 1.99. The molecule has 1 rings (SSSR count). The van der Waals surface area contributed by atoms with E-state index in [1.807, 2.05) is 6.92 Å². The van der Waals surface area contributed by atoms with Crippen LogP contribution in [0.1, 0.15) is 103 Å². The standard InChI is InChI=1S/C21H38O4/c1-18-17-19(21(23)25-18)15-13-11-9-7-5-3-4-6-8-10-12-14-16-20(22)24-2/h18-19H,3-17H2,1-2H3. The zero-order chi connectivity index (χ0) is 18.3. The first-order chi connectivity index (χ1) is 12.1. The van der Waals surface area contributed by atoms with Gasteiger partial charge in [0, 0.05) is 6.42 Å². The lowest BCUT2D eigenvalue weighted by Crippen LogP contribution is -2.07. The summed E-state index contributed by atoms with van der Waals surface area (Å²) in [5, 5.41) is 0. The van der Waals surface area contributed by atoms with Gasteiger partial charge in [0.15, 0.2) is 0 Å². The molecular formula is C21H38O4. The number of cyclic esters (lactones) is 1. The topological polar surface area (TPSA) is 52.6 Å². The van der Waals surface area contributed by atoms with Crippen LogP contribution < -0.4 is 0 Å². The van der Waals surface area contributed by atoms with Crippen LogP contribution in [0.3, 0.4) is 0 Å². The van der Waals surface area contributed by atoms with E-state index in [1.54, 1.807) is 0 Å². The summed E-state index contributed by atoms with van der Waals surface area (Å²) in [4.78, 5) is 22.5. The molecule has 2 atom stereocenters. The second-order valence-electron chi connectivity index (χ2n) is 7.54. The molecule has 0 aromatic rings. The molecule has 1 aliphatic rings. The largest absolute Gasteiger partial charge is 0.469 e. The Balaban J connectivity index is 1.75. The normalized spacial score (nSPS) is 19.8. The average Bonchev–Trinajstić information content (AvgIpc) is 2.92. The fraction of sp³-hybridized carbons (Fsp3) is 0.905. The SMILES string of the molecule is COC(=O)CCCCCCCCCCCCCCC1CC(C)OC1=O. The Bertz CT molecular complexity index is 367. The number of methoxy groups -OCH3 is 1. The number of ether oxygens (including phenoxy) is 2. The third-order valence-corrected chi connectivity index (χ3v) is 5.18. The summed E-state index contributed by atoms with van der Waals surface area (Å²) in [5.41, 5.74) is 0. The van der Waals surface area contributed by atoms with Crippen LogP contribution in [0.25, 0.3) is 0 Å². The number of unbranched alkanes of at least 4 members (excludes halogenated alkanes) is 11. The third-order valence-electron chi connectivity index (χ3n) is 5.18.